The van der Waals surface area contributed by atoms with E-state index in [1.54, 1.807) is 31.4 Å². The van der Waals surface area contributed by atoms with Gasteiger partial charge in [0.1, 0.15) is 5.75 Å². The van der Waals surface area contributed by atoms with Crippen LogP contribution in [0.4, 0.5) is 0 Å². The van der Waals surface area contributed by atoms with E-state index in [2.05, 4.69) is 10.2 Å². The van der Waals surface area contributed by atoms with E-state index < -0.39 is 6.10 Å². The highest BCUT2D eigenvalue weighted by Gasteiger charge is 2.44. The van der Waals surface area contributed by atoms with Crippen LogP contribution in [0.5, 0.6) is 5.75 Å². The number of nitrogens with one attached hydrogen (secondary N) is 1. The summed E-state index contributed by atoms with van der Waals surface area (Å²) in [4.78, 5) is 14.7. The van der Waals surface area contributed by atoms with Gasteiger partial charge in [-0.05, 0) is 56.5 Å². The first-order chi connectivity index (χ1) is 11.1. The van der Waals surface area contributed by atoms with E-state index in [0.717, 1.165) is 6.54 Å². The lowest BCUT2D eigenvalue weighted by atomic mass is 10.1. The van der Waals surface area contributed by atoms with E-state index in [1.165, 1.54) is 38.8 Å². The highest BCUT2D eigenvalue weighted by atomic mass is 16.5. The molecule has 0 bridgehead atoms. The van der Waals surface area contributed by atoms with Crippen LogP contribution < -0.4 is 10.1 Å². The van der Waals surface area contributed by atoms with Crippen molar-refractivity contribution in [3.05, 3.63) is 29.8 Å². The average molecular weight is 318 g/mol. The third kappa shape index (κ3) is 4.03. The van der Waals surface area contributed by atoms with Crippen molar-refractivity contribution in [3.63, 3.8) is 0 Å². The fraction of sp³-hybridized carbons (Fsp3) is 0.611. The van der Waals surface area contributed by atoms with Gasteiger partial charge in [0, 0.05) is 18.5 Å². The van der Waals surface area contributed by atoms with Crippen LogP contribution in [0.3, 0.4) is 0 Å². The summed E-state index contributed by atoms with van der Waals surface area (Å²) in [7, 11) is 1.59. The molecule has 0 aromatic heterocycles. The Morgan fingerprint density at radius 2 is 1.96 bits per heavy atom. The second-order valence-electron chi connectivity index (χ2n) is 6.88. The standard InChI is InChI=1S/C18H26N2O3/c1-23-15-6-4-14(5-7-15)16(21)17(22)19-12-18(8-9-18)13-20-10-2-3-11-20/h4-7,16,21H,2-3,8-13H2,1H3,(H,19,22)/t16-/m1/s1. The van der Waals surface area contributed by atoms with Gasteiger partial charge in [-0.25, -0.2) is 0 Å². The fourth-order valence-corrected chi connectivity index (χ4v) is 3.29. The second kappa shape index (κ2) is 6.89. The number of aliphatic hydroxyl groups excluding tert-OH is 1. The zero-order chi connectivity index (χ0) is 16.3. The summed E-state index contributed by atoms with van der Waals surface area (Å²) in [6.07, 6.45) is 3.80. The number of aliphatic hydroxyl groups is 1. The summed E-state index contributed by atoms with van der Waals surface area (Å²) in [5, 5.41) is 13.1. The van der Waals surface area contributed by atoms with E-state index in [9.17, 15) is 9.90 Å². The molecule has 1 atom stereocenters. The predicted octanol–water partition coefficient (Wildman–Crippen LogP) is 1.72. The van der Waals surface area contributed by atoms with Gasteiger partial charge in [-0.2, -0.15) is 0 Å². The molecule has 1 saturated heterocycles. The van der Waals surface area contributed by atoms with E-state index in [-0.39, 0.29) is 11.3 Å². The third-order valence-electron chi connectivity index (χ3n) is 5.03. The summed E-state index contributed by atoms with van der Waals surface area (Å²) in [5.74, 6) is 0.395. The minimum Gasteiger partial charge on any atom is -0.497 e. The molecule has 1 aromatic carbocycles. The van der Waals surface area contributed by atoms with Crippen molar-refractivity contribution in [3.8, 4) is 5.75 Å². The number of ether oxygens (including phenoxy) is 1. The van der Waals surface area contributed by atoms with Gasteiger partial charge < -0.3 is 20.1 Å². The monoisotopic (exact) mass is 318 g/mol. The molecule has 1 amide bonds. The number of methoxy groups -OCH3 is 1. The number of likely N-dealkylation sites (tertiary alicyclic amines) is 1. The highest BCUT2D eigenvalue weighted by molar-refractivity contribution is 5.82. The zero-order valence-corrected chi connectivity index (χ0v) is 13.8. The van der Waals surface area contributed by atoms with E-state index in [4.69, 9.17) is 4.74 Å². The first kappa shape index (κ1) is 16.3. The minimum atomic E-state index is -1.12. The molecule has 2 N–H and O–H groups in total. The molecule has 1 heterocycles. The lowest BCUT2D eigenvalue weighted by molar-refractivity contribution is -0.129. The van der Waals surface area contributed by atoms with Crippen LogP contribution in [0.25, 0.3) is 0 Å². The lowest BCUT2D eigenvalue weighted by Crippen LogP contribution is -2.38. The number of amides is 1. The van der Waals surface area contributed by atoms with Gasteiger partial charge in [0.25, 0.3) is 5.91 Å². The van der Waals surface area contributed by atoms with Crippen molar-refractivity contribution in [1.29, 1.82) is 0 Å². The number of rotatable bonds is 7. The average Bonchev–Trinajstić information content (AvgIpc) is 3.15. The molecule has 0 spiro atoms. The summed E-state index contributed by atoms with van der Waals surface area (Å²) >= 11 is 0. The predicted molar refractivity (Wildman–Crippen MR) is 88.3 cm³/mol. The molecule has 1 aromatic rings. The Bertz CT molecular complexity index is 534. The molecule has 2 aliphatic rings. The van der Waals surface area contributed by atoms with E-state index in [0.29, 0.717) is 17.9 Å². The first-order valence-electron chi connectivity index (χ1n) is 8.44. The zero-order valence-electron chi connectivity index (χ0n) is 13.8. The van der Waals surface area contributed by atoms with E-state index >= 15 is 0 Å². The molecule has 1 aliphatic heterocycles. The second-order valence-corrected chi connectivity index (χ2v) is 6.88. The van der Waals surface area contributed by atoms with Crippen LogP contribution in [0.15, 0.2) is 24.3 Å². The van der Waals surface area contributed by atoms with Crippen LogP contribution in [0.2, 0.25) is 0 Å². The van der Waals surface area contributed by atoms with Gasteiger partial charge in [-0.3, -0.25) is 4.79 Å². The number of carbonyl (C=O) groups is 1. The Labute approximate surface area is 137 Å². The van der Waals surface area contributed by atoms with Crippen LogP contribution in [0, 0.1) is 5.41 Å². The van der Waals surface area contributed by atoms with Crippen molar-refractivity contribution < 1.29 is 14.6 Å². The largest absolute Gasteiger partial charge is 0.497 e. The minimum absolute atomic E-state index is 0.236. The smallest absolute Gasteiger partial charge is 0.253 e. The van der Waals surface area contributed by atoms with Crippen molar-refractivity contribution >= 4 is 5.91 Å². The van der Waals surface area contributed by atoms with Crippen molar-refractivity contribution in [2.75, 3.05) is 33.3 Å². The maximum Gasteiger partial charge on any atom is 0.253 e. The number of hydrogen-bond acceptors (Lipinski definition) is 4. The number of benzene rings is 1. The molecule has 0 unspecified atom stereocenters. The quantitative estimate of drug-likeness (QED) is 0.804. The molecule has 0 radical (unpaired) electrons. The molecule has 5 nitrogen and oxygen atoms in total. The Morgan fingerprint density at radius 3 is 2.52 bits per heavy atom. The van der Waals surface area contributed by atoms with Gasteiger partial charge in [0.2, 0.25) is 0 Å². The number of hydrogen-bond donors (Lipinski definition) is 2. The molecule has 5 heteroatoms. The van der Waals surface area contributed by atoms with Gasteiger partial charge in [-0.15, -0.1) is 0 Å². The molecule has 126 valence electrons. The van der Waals surface area contributed by atoms with Crippen LogP contribution in [0.1, 0.15) is 37.4 Å². The SMILES string of the molecule is COc1ccc([C@@H](O)C(=O)NCC2(CN3CCCC3)CC2)cc1. The van der Waals surface area contributed by atoms with Gasteiger partial charge >= 0.3 is 0 Å². The summed E-state index contributed by atoms with van der Waals surface area (Å²) < 4.78 is 5.09. The summed E-state index contributed by atoms with van der Waals surface area (Å²) in [6, 6.07) is 6.95. The van der Waals surface area contributed by atoms with Crippen molar-refractivity contribution in [2.24, 2.45) is 5.41 Å². The van der Waals surface area contributed by atoms with Crippen molar-refractivity contribution in [2.45, 2.75) is 31.8 Å². The Kier molecular flexibility index (Phi) is 4.87. The summed E-state index contributed by atoms with van der Waals surface area (Å²) in [5.41, 5.74) is 0.826. The Morgan fingerprint density at radius 1 is 1.30 bits per heavy atom. The number of nitrogens with zero attached hydrogens (tertiary/aromatic N) is 1. The maximum atomic E-state index is 12.2. The lowest BCUT2D eigenvalue weighted by Gasteiger charge is -2.23. The van der Waals surface area contributed by atoms with Gasteiger partial charge in [0.05, 0.1) is 7.11 Å². The highest BCUT2D eigenvalue weighted by Crippen LogP contribution is 2.46. The first-order valence-corrected chi connectivity index (χ1v) is 8.44. The Balaban J connectivity index is 1.50. The maximum absolute atomic E-state index is 12.2. The molecule has 1 saturated carbocycles. The summed E-state index contributed by atoms with van der Waals surface area (Å²) in [6.45, 7) is 4.11. The van der Waals surface area contributed by atoms with Crippen LogP contribution >= 0.6 is 0 Å². The Hall–Kier alpha value is -1.59. The van der Waals surface area contributed by atoms with Crippen LogP contribution in [-0.4, -0.2) is 49.2 Å². The van der Waals surface area contributed by atoms with Crippen molar-refractivity contribution in [1.82, 2.24) is 10.2 Å². The third-order valence-corrected chi connectivity index (χ3v) is 5.03. The normalized spacial score (nSPS) is 21.0. The molecule has 3 rings (SSSR count). The van der Waals surface area contributed by atoms with Gasteiger partial charge in [0.15, 0.2) is 6.10 Å². The molecular formula is C18H26N2O3. The topological polar surface area (TPSA) is 61.8 Å². The molecule has 1 aliphatic carbocycles. The van der Waals surface area contributed by atoms with Gasteiger partial charge in [-0.1, -0.05) is 12.1 Å². The van der Waals surface area contributed by atoms with Crippen LogP contribution in [-0.2, 0) is 4.79 Å². The molecule has 2 fully saturated rings. The van der Waals surface area contributed by atoms with E-state index in [1.807, 2.05) is 0 Å². The fourth-order valence-electron chi connectivity index (χ4n) is 3.29. The molecule has 23 heavy (non-hydrogen) atoms. The molecular weight excluding hydrogens is 292 g/mol. The number of carbonyl (C=O) groups excluding carboxylic acids is 1.